The lowest BCUT2D eigenvalue weighted by Crippen LogP contribution is -2.43. The van der Waals surface area contributed by atoms with Gasteiger partial charge in [-0.3, -0.25) is 4.79 Å². The van der Waals surface area contributed by atoms with Gasteiger partial charge in [-0.15, -0.1) is 0 Å². The van der Waals surface area contributed by atoms with E-state index in [-0.39, 0.29) is 12.8 Å². The molecule has 1 aromatic rings. The van der Waals surface area contributed by atoms with Crippen LogP contribution < -0.4 is 16.4 Å². The fraction of sp³-hybridized carbons (Fsp3) is 0.308. The van der Waals surface area contributed by atoms with Crippen molar-refractivity contribution >= 4 is 35.2 Å². The average molecular weight is 314 g/mol. The smallest absolute Gasteiger partial charge is 0.326 e. The van der Waals surface area contributed by atoms with Crippen LogP contribution in [0.4, 0.5) is 10.5 Å². The molecule has 5 N–H and O–H groups in total. The predicted molar refractivity (Wildman–Crippen MR) is 78.2 cm³/mol. The van der Waals surface area contributed by atoms with Crippen LogP contribution in [-0.2, 0) is 9.59 Å². The molecule has 0 saturated heterocycles. The van der Waals surface area contributed by atoms with Crippen LogP contribution in [0.1, 0.15) is 18.4 Å². The molecular formula is C13H16ClN3O4. The van der Waals surface area contributed by atoms with E-state index in [1.54, 1.807) is 25.1 Å². The summed E-state index contributed by atoms with van der Waals surface area (Å²) in [6, 6.07) is 3.16. The van der Waals surface area contributed by atoms with Gasteiger partial charge in [-0.05, 0) is 25.0 Å². The number of para-hydroxylation sites is 1. The number of hydrogen-bond donors (Lipinski definition) is 4. The van der Waals surface area contributed by atoms with Crippen LogP contribution in [-0.4, -0.2) is 29.1 Å². The van der Waals surface area contributed by atoms with E-state index in [0.29, 0.717) is 10.7 Å². The first kappa shape index (κ1) is 16.8. The zero-order valence-corrected chi connectivity index (χ0v) is 12.1. The van der Waals surface area contributed by atoms with Gasteiger partial charge in [-0.1, -0.05) is 23.7 Å². The molecule has 1 atom stereocenters. The third-order valence-electron chi connectivity index (χ3n) is 2.74. The molecule has 0 heterocycles. The van der Waals surface area contributed by atoms with Crippen molar-refractivity contribution in [1.82, 2.24) is 5.32 Å². The van der Waals surface area contributed by atoms with Crippen molar-refractivity contribution in [3.05, 3.63) is 28.8 Å². The fourth-order valence-corrected chi connectivity index (χ4v) is 1.91. The van der Waals surface area contributed by atoms with E-state index in [2.05, 4.69) is 10.6 Å². The quantitative estimate of drug-likeness (QED) is 0.635. The van der Waals surface area contributed by atoms with Crippen LogP contribution in [0.5, 0.6) is 0 Å². The van der Waals surface area contributed by atoms with E-state index in [4.69, 9.17) is 22.4 Å². The van der Waals surface area contributed by atoms with Gasteiger partial charge in [0.05, 0.1) is 10.7 Å². The second-order valence-electron chi connectivity index (χ2n) is 4.43. The van der Waals surface area contributed by atoms with Crippen molar-refractivity contribution in [3.8, 4) is 0 Å². The van der Waals surface area contributed by atoms with Crippen molar-refractivity contribution in [2.24, 2.45) is 5.73 Å². The Morgan fingerprint density at radius 1 is 1.38 bits per heavy atom. The van der Waals surface area contributed by atoms with Gasteiger partial charge >= 0.3 is 12.0 Å². The Morgan fingerprint density at radius 3 is 2.57 bits per heavy atom. The highest BCUT2D eigenvalue weighted by molar-refractivity contribution is 6.33. The molecule has 0 aliphatic heterocycles. The number of anilines is 1. The molecule has 0 aromatic heterocycles. The van der Waals surface area contributed by atoms with Gasteiger partial charge in [-0.2, -0.15) is 0 Å². The number of nitrogens with two attached hydrogens (primary N) is 1. The van der Waals surface area contributed by atoms with Gasteiger partial charge in [0.2, 0.25) is 5.91 Å². The van der Waals surface area contributed by atoms with Crippen molar-refractivity contribution in [2.75, 3.05) is 5.32 Å². The minimum Gasteiger partial charge on any atom is -0.480 e. The molecule has 0 spiro atoms. The highest BCUT2D eigenvalue weighted by Crippen LogP contribution is 2.24. The first-order chi connectivity index (χ1) is 9.81. The van der Waals surface area contributed by atoms with E-state index in [1.165, 1.54) is 0 Å². The highest BCUT2D eigenvalue weighted by atomic mass is 35.5. The molecule has 3 amide bonds. The normalized spacial score (nSPS) is 11.5. The summed E-state index contributed by atoms with van der Waals surface area (Å²) >= 11 is 5.96. The van der Waals surface area contributed by atoms with Gasteiger partial charge in [0, 0.05) is 6.42 Å². The predicted octanol–water partition coefficient (Wildman–Crippen LogP) is 1.49. The molecule has 0 saturated carbocycles. The Labute approximate surface area is 126 Å². The molecule has 0 bridgehead atoms. The number of urea groups is 1. The summed E-state index contributed by atoms with van der Waals surface area (Å²) in [5, 5.41) is 14.1. The number of benzene rings is 1. The van der Waals surface area contributed by atoms with Crippen LogP contribution in [0.25, 0.3) is 0 Å². The zero-order chi connectivity index (χ0) is 16.0. The number of carbonyl (C=O) groups is 3. The number of carboxylic acid groups (broad SMARTS) is 1. The summed E-state index contributed by atoms with van der Waals surface area (Å²) in [4.78, 5) is 33.5. The molecule has 0 fully saturated rings. The standard InChI is InChI=1S/C13H16ClN3O4/c1-7-3-2-4-8(14)11(7)17-13(21)16-9(12(19)20)5-6-10(15)18/h2-4,9H,5-6H2,1H3,(H2,15,18)(H,19,20)(H2,16,17,21). The van der Waals surface area contributed by atoms with Crippen molar-refractivity contribution in [2.45, 2.75) is 25.8 Å². The Hall–Kier alpha value is -2.28. The Morgan fingerprint density at radius 2 is 2.05 bits per heavy atom. The number of amides is 3. The van der Waals surface area contributed by atoms with Gasteiger partial charge in [-0.25, -0.2) is 9.59 Å². The second kappa shape index (κ2) is 7.49. The van der Waals surface area contributed by atoms with E-state index in [1.807, 2.05) is 0 Å². The lowest BCUT2D eigenvalue weighted by molar-refractivity contribution is -0.139. The maximum absolute atomic E-state index is 11.8. The molecule has 0 radical (unpaired) electrons. The second-order valence-corrected chi connectivity index (χ2v) is 4.83. The summed E-state index contributed by atoms with van der Waals surface area (Å²) in [5.41, 5.74) is 6.09. The number of halogens is 1. The first-order valence-corrected chi connectivity index (χ1v) is 6.52. The van der Waals surface area contributed by atoms with Crippen molar-refractivity contribution < 1.29 is 19.5 Å². The average Bonchev–Trinajstić information content (AvgIpc) is 2.38. The number of rotatable bonds is 6. The fourth-order valence-electron chi connectivity index (χ4n) is 1.64. The number of carboxylic acids is 1. The summed E-state index contributed by atoms with van der Waals surface area (Å²) in [5.74, 6) is -1.88. The van der Waals surface area contributed by atoms with E-state index < -0.39 is 23.9 Å². The molecule has 8 heteroatoms. The topological polar surface area (TPSA) is 122 Å². The summed E-state index contributed by atoms with van der Waals surface area (Å²) < 4.78 is 0. The highest BCUT2D eigenvalue weighted by Gasteiger charge is 2.21. The van der Waals surface area contributed by atoms with Crippen molar-refractivity contribution in [1.29, 1.82) is 0 Å². The van der Waals surface area contributed by atoms with Crippen LogP contribution in [0.3, 0.4) is 0 Å². The van der Waals surface area contributed by atoms with Crippen LogP contribution in [0, 0.1) is 6.92 Å². The molecule has 1 aromatic carbocycles. The minimum atomic E-state index is -1.25. The molecule has 7 nitrogen and oxygen atoms in total. The van der Waals surface area contributed by atoms with Crippen LogP contribution in [0.15, 0.2) is 18.2 Å². The van der Waals surface area contributed by atoms with Gasteiger partial charge in [0.1, 0.15) is 6.04 Å². The maximum atomic E-state index is 11.8. The molecule has 0 aliphatic rings. The van der Waals surface area contributed by atoms with Gasteiger partial charge in [0.25, 0.3) is 0 Å². The van der Waals surface area contributed by atoms with E-state index >= 15 is 0 Å². The number of aliphatic carboxylic acids is 1. The van der Waals surface area contributed by atoms with E-state index in [0.717, 1.165) is 5.56 Å². The summed E-state index contributed by atoms with van der Waals surface area (Å²) in [6.07, 6.45) is -0.220. The zero-order valence-electron chi connectivity index (χ0n) is 11.4. The first-order valence-electron chi connectivity index (χ1n) is 6.15. The summed E-state index contributed by atoms with van der Waals surface area (Å²) in [6.45, 7) is 1.75. The molecule has 114 valence electrons. The van der Waals surface area contributed by atoms with Crippen molar-refractivity contribution in [3.63, 3.8) is 0 Å². The Kier molecular flexibility index (Phi) is 5.98. The number of carbonyl (C=O) groups excluding carboxylic acids is 2. The number of nitrogens with one attached hydrogen (secondary N) is 2. The largest absolute Gasteiger partial charge is 0.480 e. The van der Waals surface area contributed by atoms with E-state index in [9.17, 15) is 14.4 Å². The maximum Gasteiger partial charge on any atom is 0.326 e. The molecule has 21 heavy (non-hydrogen) atoms. The summed E-state index contributed by atoms with van der Waals surface area (Å²) in [7, 11) is 0. The molecular weight excluding hydrogens is 298 g/mol. The Balaban J connectivity index is 2.70. The SMILES string of the molecule is Cc1cccc(Cl)c1NC(=O)NC(CCC(N)=O)C(=O)O. The minimum absolute atomic E-state index is 0.0837. The number of hydrogen-bond acceptors (Lipinski definition) is 3. The molecule has 1 unspecified atom stereocenters. The number of aryl methyl sites for hydroxylation is 1. The van der Waals surface area contributed by atoms with Gasteiger partial charge < -0.3 is 21.5 Å². The number of primary amides is 1. The van der Waals surface area contributed by atoms with Crippen LogP contribution in [0.2, 0.25) is 5.02 Å². The monoisotopic (exact) mass is 313 g/mol. The molecule has 0 aliphatic carbocycles. The Bertz CT molecular complexity index is 542. The third-order valence-corrected chi connectivity index (χ3v) is 3.06. The van der Waals surface area contributed by atoms with Crippen LogP contribution >= 0.6 is 11.6 Å². The lowest BCUT2D eigenvalue weighted by Gasteiger charge is -2.16. The lowest BCUT2D eigenvalue weighted by atomic mass is 10.1. The molecule has 1 rings (SSSR count). The van der Waals surface area contributed by atoms with Gasteiger partial charge in [0.15, 0.2) is 0 Å². The third kappa shape index (κ3) is 5.31.